The van der Waals surface area contributed by atoms with E-state index in [1.807, 2.05) is 25.1 Å². The average Bonchev–Trinajstić information content (AvgIpc) is 2.65. The summed E-state index contributed by atoms with van der Waals surface area (Å²) in [4.78, 5) is 0. The molecule has 0 bridgehead atoms. The first-order valence-corrected chi connectivity index (χ1v) is 4.50. The lowest BCUT2D eigenvalue weighted by molar-refractivity contribution is 0.740. The molecule has 2 heterocycles. The number of benzene rings is 1. The summed E-state index contributed by atoms with van der Waals surface area (Å²) in [5.74, 6) is 0.447. The van der Waals surface area contributed by atoms with Crippen molar-refractivity contribution in [3.8, 4) is 0 Å². The smallest absolute Gasteiger partial charge is 0.207 e. The van der Waals surface area contributed by atoms with E-state index >= 15 is 0 Å². The van der Waals surface area contributed by atoms with Crippen LogP contribution in [0, 0.1) is 6.92 Å². The Labute approximate surface area is 84.7 Å². The molecule has 0 fully saturated rings. The number of hydrogen-bond donors (Lipinski definition) is 1. The van der Waals surface area contributed by atoms with Gasteiger partial charge >= 0.3 is 0 Å². The second-order valence-electron chi connectivity index (χ2n) is 3.37. The number of nitrogens with two attached hydrogens (primary N) is 1. The van der Waals surface area contributed by atoms with E-state index in [0.29, 0.717) is 11.5 Å². The van der Waals surface area contributed by atoms with Crippen LogP contribution in [0.15, 0.2) is 18.2 Å². The first-order chi connectivity index (χ1) is 7.27. The van der Waals surface area contributed by atoms with Crippen LogP contribution in [0.4, 0.5) is 5.82 Å². The predicted molar refractivity (Wildman–Crippen MR) is 55.2 cm³/mol. The summed E-state index contributed by atoms with van der Waals surface area (Å²) in [5.41, 5.74) is 7.55. The van der Waals surface area contributed by atoms with E-state index in [1.54, 1.807) is 0 Å². The minimum Gasteiger partial charge on any atom is -0.382 e. The monoisotopic (exact) mass is 200 g/mol. The number of nitrogens with zero attached hydrogens (tertiary/aromatic N) is 5. The third-order valence-corrected chi connectivity index (χ3v) is 2.43. The Balaban J connectivity index is 2.67. The number of hydrogen-bond acceptors (Lipinski definition) is 5. The molecule has 2 aromatic heterocycles. The Kier molecular flexibility index (Phi) is 1.42. The van der Waals surface area contributed by atoms with Gasteiger partial charge in [0.05, 0.1) is 0 Å². The second kappa shape index (κ2) is 2.63. The van der Waals surface area contributed by atoms with Crippen LogP contribution in [0.5, 0.6) is 0 Å². The Hall–Kier alpha value is -2.24. The van der Waals surface area contributed by atoms with Gasteiger partial charge in [-0.2, -0.15) is 0 Å². The minimum atomic E-state index is 0.447. The SMILES string of the molecule is Cc1cccc2c1c(N)nn1nnnc21. The van der Waals surface area contributed by atoms with E-state index in [1.165, 1.54) is 4.63 Å². The van der Waals surface area contributed by atoms with Crippen molar-refractivity contribution in [2.75, 3.05) is 5.73 Å². The van der Waals surface area contributed by atoms with Gasteiger partial charge in [0.25, 0.3) is 0 Å². The minimum absolute atomic E-state index is 0.447. The highest BCUT2D eigenvalue weighted by atomic mass is 15.6. The molecule has 6 heteroatoms. The number of anilines is 1. The van der Waals surface area contributed by atoms with Gasteiger partial charge in [-0.25, -0.2) is 0 Å². The summed E-state index contributed by atoms with van der Waals surface area (Å²) in [5, 5.41) is 17.1. The predicted octanol–water partition coefficient (Wildman–Crippen LogP) is 0.563. The summed E-state index contributed by atoms with van der Waals surface area (Å²) in [6, 6.07) is 5.87. The van der Waals surface area contributed by atoms with Crippen molar-refractivity contribution >= 4 is 22.2 Å². The van der Waals surface area contributed by atoms with E-state index in [9.17, 15) is 0 Å². The number of aryl methyl sites for hydroxylation is 1. The van der Waals surface area contributed by atoms with E-state index in [2.05, 4.69) is 20.6 Å². The van der Waals surface area contributed by atoms with Crippen LogP contribution < -0.4 is 5.73 Å². The first kappa shape index (κ1) is 8.10. The molecule has 0 aliphatic heterocycles. The van der Waals surface area contributed by atoms with Crippen molar-refractivity contribution in [1.29, 1.82) is 0 Å². The lowest BCUT2D eigenvalue weighted by atomic mass is 10.1. The number of fused-ring (bicyclic) bond motifs is 3. The highest BCUT2D eigenvalue weighted by molar-refractivity contribution is 6.00. The molecule has 0 amide bonds. The van der Waals surface area contributed by atoms with Crippen LogP contribution in [-0.2, 0) is 0 Å². The zero-order valence-corrected chi connectivity index (χ0v) is 8.05. The Bertz CT molecular complexity index is 656. The fraction of sp³-hybridized carbons (Fsp3) is 0.111. The van der Waals surface area contributed by atoms with E-state index in [0.717, 1.165) is 16.3 Å². The number of nitrogen functional groups attached to an aromatic ring is 1. The summed E-state index contributed by atoms with van der Waals surface area (Å²) in [7, 11) is 0. The van der Waals surface area contributed by atoms with E-state index in [4.69, 9.17) is 5.73 Å². The Morgan fingerprint density at radius 3 is 3.07 bits per heavy atom. The van der Waals surface area contributed by atoms with Crippen molar-refractivity contribution in [3.63, 3.8) is 0 Å². The zero-order valence-electron chi connectivity index (χ0n) is 8.05. The molecule has 6 nitrogen and oxygen atoms in total. The van der Waals surface area contributed by atoms with Crippen molar-refractivity contribution in [2.45, 2.75) is 6.92 Å². The third kappa shape index (κ3) is 0.983. The van der Waals surface area contributed by atoms with Crippen molar-refractivity contribution in [3.05, 3.63) is 23.8 Å². The van der Waals surface area contributed by atoms with Gasteiger partial charge in [-0.15, -0.1) is 14.8 Å². The van der Waals surface area contributed by atoms with Crippen LogP contribution >= 0.6 is 0 Å². The molecular formula is C9H8N6. The van der Waals surface area contributed by atoms with Crippen LogP contribution in [0.3, 0.4) is 0 Å². The first-order valence-electron chi connectivity index (χ1n) is 4.50. The van der Waals surface area contributed by atoms with Gasteiger partial charge in [0.15, 0.2) is 5.82 Å². The van der Waals surface area contributed by atoms with Gasteiger partial charge in [0, 0.05) is 10.8 Å². The number of rotatable bonds is 0. The van der Waals surface area contributed by atoms with Gasteiger partial charge in [-0.3, -0.25) is 0 Å². The topological polar surface area (TPSA) is 82.0 Å². The summed E-state index contributed by atoms with van der Waals surface area (Å²) >= 11 is 0. The molecule has 0 aliphatic carbocycles. The Morgan fingerprint density at radius 2 is 2.20 bits per heavy atom. The highest BCUT2D eigenvalue weighted by Crippen LogP contribution is 2.24. The summed E-state index contributed by atoms with van der Waals surface area (Å²) in [6.45, 7) is 1.99. The fourth-order valence-corrected chi connectivity index (χ4v) is 1.76. The average molecular weight is 200 g/mol. The summed E-state index contributed by atoms with van der Waals surface area (Å²) < 4.78 is 1.34. The van der Waals surface area contributed by atoms with Gasteiger partial charge < -0.3 is 5.73 Å². The normalized spacial score (nSPS) is 11.3. The maximum absolute atomic E-state index is 5.85. The molecule has 0 radical (unpaired) electrons. The van der Waals surface area contributed by atoms with Crippen molar-refractivity contribution in [2.24, 2.45) is 0 Å². The lowest BCUT2D eigenvalue weighted by Gasteiger charge is -2.04. The standard InChI is InChI=1S/C9H8N6/c1-5-3-2-4-6-7(5)8(10)12-15-9(6)11-13-14-15/h2-4H,1H3,(H2,10,12). The zero-order chi connectivity index (χ0) is 10.4. The Morgan fingerprint density at radius 1 is 1.33 bits per heavy atom. The van der Waals surface area contributed by atoms with Crippen molar-refractivity contribution < 1.29 is 0 Å². The van der Waals surface area contributed by atoms with Gasteiger partial charge in [0.1, 0.15) is 0 Å². The molecule has 1 aromatic carbocycles. The molecule has 0 saturated heterocycles. The molecule has 0 spiro atoms. The highest BCUT2D eigenvalue weighted by Gasteiger charge is 2.09. The number of tetrazole rings is 1. The van der Waals surface area contributed by atoms with Crippen LogP contribution in [0.1, 0.15) is 5.56 Å². The quantitative estimate of drug-likeness (QED) is 0.573. The molecule has 0 aliphatic rings. The van der Waals surface area contributed by atoms with Gasteiger partial charge in [0.2, 0.25) is 5.65 Å². The number of aromatic nitrogens is 5. The molecule has 15 heavy (non-hydrogen) atoms. The van der Waals surface area contributed by atoms with Crippen LogP contribution in [-0.4, -0.2) is 25.3 Å². The molecular weight excluding hydrogens is 192 g/mol. The van der Waals surface area contributed by atoms with Gasteiger partial charge in [-0.05, 0) is 22.9 Å². The largest absolute Gasteiger partial charge is 0.382 e. The van der Waals surface area contributed by atoms with E-state index in [-0.39, 0.29) is 0 Å². The van der Waals surface area contributed by atoms with Crippen LogP contribution in [0.2, 0.25) is 0 Å². The molecule has 3 aromatic rings. The molecule has 3 rings (SSSR count). The molecule has 2 N–H and O–H groups in total. The summed E-state index contributed by atoms with van der Waals surface area (Å²) in [6.07, 6.45) is 0. The molecule has 74 valence electrons. The maximum atomic E-state index is 5.85. The second-order valence-corrected chi connectivity index (χ2v) is 3.37. The molecule has 0 unspecified atom stereocenters. The van der Waals surface area contributed by atoms with E-state index < -0.39 is 0 Å². The van der Waals surface area contributed by atoms with Gasteiger partial charge in [-0.1, -0.05) is 18.2 Å². The third-order valence-electron chi connectivity index (χ3n) is 2.43. The maximum Gasteiger partial charge on any atom is 0.207 e. The lowest BCUT2D eigenvalue weighted by Crippen LogP contribution is -2.02. The molecule has 0 saturated carbocycles. The fourth-order valence-electron chi connectivity index (χ4n) is 1.76. The van der Waals surface area contributed by atoms with Crippen LogP contribution in [0.25, 0.3) is 16.4 Å². The molecule has 0 atom stereocenters. The van der Waals surface area contributed by atoms with Crippen molar-refractivity contribution in [1.82, 2.24) is 25.3 Å².